The quantitative estimate of drug-likeness (QED) is 0.886. The second-order valence-electron chi connectivity index (χ2n) is 5.67. The van der Waals surface area contributed by atoms with Gasteiger partial charge in [-0.1, -0.05) is 13.8 Å². The van der Waals surface area contributed by atoms with Gasteiger partial charge in [-0.25, -0.2) is 4.98 Å². The predicted molar refractivity (Wildman–Crippen MR) is 78.3 cm³/mol. The standard InChI is InChI=1S/C14H25N3S/c1-11(2)8-13-10-18-14(16-13)9-12(3)17-6-4-15-5-7-17/h10-12,15H,4-9H2,1-3H3. The molecule has 4 heteroatoms. The van der Waals surface area contributed by atoms with Crippen molar-refractivity contribution in [3.8, 4) is 0 Å². The highest BCUT2D eigenvalue weighted by molar-refractivity contribution is 7.09. The topological polar surface area (TPSA) is 28.2 Å². The molecule has 0 amide bonds. The molecule has 102 valence electrons. The maximum Gasteiger partial charge on any atom is 0.0943 e. The van der Waals surface area contributed by atoms with Crippen molar-refractivity contribution in [1.29, 1.82) is 0 Å². The predicted octanol–water partition coefficient (Wildman–Crippen LogP) is 2.18. The van der Waals surface area contributed by atoms with E-state index in [4.69, 9.17) is 4.98 Å². The Hall–Kier alpha value is -0.450. The van der Waals surface area contributed by atoms with Crippen molar-refractivity contribution in [2.75, 3.05) is 26.2 Å². The van der Waals surface area contributed by atoms with Crippen LogP contribution in [0.25, 0.3) is 0 Å². The molecule has 18 heavy (non-hydrogen) atoms. The number of hydrogen-bond donors (Lipinski definition) is 1. The van der Waals surface area contributed by atoms with Crippen LogP contribution >= 0.6 is 11.3 Å². The number of piperazine rings is 1. The van der Waals surface area contributed by atoms with E-state index in [1.807, 2.05) is 11.3 Å². The summed E-state index contributed by atoms with van der Waals surface area (Å²) in [4.78, 5) is 7.33. The van der Waals surface area contributed by atoms with Gasteiger partial charge in [-0.3, -0.25) is 4.90 Å². The van der Waals surface area contributed by atoms with Gasteiger partial charge < -0.3 is 5.32 Å². The lowest BCUT2D eigenvalue weighted by Gasteiger charge is -2.32. The highest BCUT2D eigenvalue weighted by Gasteiger charge is 2.17. The Morgan fingerprint density at radius 2 is 2.00 bits per heavy atom. The van der Waals surface area contributed by atoms with Crippen LogP contribution in [0.5, 0.6) is 0 Å². The molecule has 0 saturated carbocycles. The summed E-state index contributed by atoms with van der Waals surface area (Å²) in [6.45, 7) is 11.4. The van der Waals surface area contributed by atoms with Crippen LogP contribution in [0.1, 0.15) is 31.5 Å². The van der Waals surface area contributed by atoms with Gasteiger partial charge in [0.2, 0.25) is 0 Å². The zero-order valence-corrected chi connectivity index (χ0v) is 12.6. The molecule has 1 unspecified atom stereocenters. The smallest absolute Gasteiger partial charge is 0.0943 e. The molecule has 1 aliphatic heterocycles. The first-order valence-electron chi connectivity index (χ1n) is 7.03. The third kappa shape index (κ3) is 4.04. The van der Waals surface area contributed by atoms with Gasteiger partial charge in [0.05, 0.1) is 10.7 Å². The van der Waals surface area contributed by atoms with Crippen molar-refractivity contribution in [3.05, 3.63) is 16.1 Å². The third-order valence-corrected chi connectivity index (χ3v) is 4.38. The Balaban J connectivity index is 1.86. The van der Waals surface area contributed by atoms with Crippen LogP contribution in [0, 0.1) is 5.92 Å². The summed E-state index contributed by atoms with van der Waals surface area (Å²) in [6.07, 6.45) is 2.21. The number of hydrogen-bond acceptors (Lipinski definition) is 4. The molecule has 0 bridgehead atoms. The molecular weight excluding hydrogens is 242 g/mol. The molecule has 1 fully saturated rings. The number of nitrogens with one attached hydrogen (secondary N) is 1. The monoisotopic (exact) mass is 267 g/mol. The molecule has 0 aliphatic carbocycles. The van der Waals surface area contributed by atoms with Gasteiger partial charge in [-0.2, -0.15) is 0 Å². The molecule has 0 radical (unpaired) electrons. The summed E-state index contributed by atoms with van der Waals surface area (Å²) < 4.78 is 0. The average molecular weight is 267 g/mol. The summed E-state index contributed by atoms with van der Waals surface area (Å²) in [6, 6.07) is 0.616. The Morgan fingerprint density at radius 1 is 1.28 bits per heavy atom. The van der Waals surface area contributed by atoms with Gasteiger partial charge in [0.25, 0.3) is 0 Å². The van der Waals surface area contributed by atoms with E-state index in [1.165, 1.54) is 23.8 Å². The van der Waals surface area contributed by atoms with E-state index >= 15 is 0 Å². The van der Waals surface area contributed by atoms with Crippen LogP contribution in [0.2, 0.25) is 0 Å². The van der Waals surface area contributed by atoms with Gasteiger partial charge in [0.1, 0.15) is 0 Å². The lowest BCUT2D eigenvalue weighted by Crippen LogP contribution is -2.48. The molecule has 1 saturated heterocycles. The number of rotatable bonds is 5. The summed E-state index contributed by atoms with van der Waals surface area (Å²) in [5, 5.41) is 6.94. The number of thiazole rings is 1. The molecule has 1 aliphatic rings. The second-order valence-corrected chi connectivity index (χ2v) is 6.61. The normalized spacial score (nSPS) is 19.3. The van der Waals surface area contributed by atoms with Gasteiger partial charge in [0.15, 0.2) is 0 Å². The zero-order chi connectivity index (χ0) is 13.0. The first-order chi connectivity index (χ1) is 8.65. The third-order valence-electron chi connectivity index (χ3n) is 3.46. The zero-order valence-electron chi connectivity index (χ0n) is 11.8. The van der Waals surface area contributed by atoms with Gasteiger partial charge in [-0.15, -0.1) is 11.3 Å². The van der Waals surface area contributed by atoms with Gasteiger partial charge in [-0.05, 0) is 19.3 Å². The van der Waals surface area contributed by atoms with Crippen LogP contribution in [0.15, 0.2) is 5.38 Å². The molecule has 3 nitrogen and oxygen atoms in total. The first kappa shape index (κ1) is 14.0. The van der Waals surface area contributed by atoms with Crippen molar-refractivity contribution in [3.63, 3.8) is 0 Å². The summed E-state index contributed by atoms with van der Waals surface area (Å²) in [5.41, 5.74) is 1.28. The van der Waals surface area contributed by atoms with Crippen molar-refractivity contribution in [2.24, 2.45) is 5.92 Å². The second kappa shape index (κ2) is 6.64. The van der Waals surface area contributed by atoms with E-state index in [9.17, 15) is 0 Å². The fourth-order valence-corrected chi connectivity index (χ4v) is 3.39. The first-order valence-corrected chi connectivity index (χ1v) is 7.91. The van der Waals surface area contributed by atoms with Crippen molar-refractivity contribution in [2.45, 2.75) is 39.7 Å². The fourth-order valence-electron chi connectivity index (χ4n) is 2.46. The van der Waals surface area contributed by atoms with E-state index in [-0.39, 0.29) is 0 Å². The van der Waals surface area contributed by atoms with E-state index < -0.39 is 0 Å². The molecule has 1 atom stereocenters. The molecule has 1 aromatic heterocycles. The minimum absolute atomic E-state index is 0.616. The molecule has 2 heterocycles. The Labute approximate surface area is 115 Å². The molecule has 2 rings (SSSR count). The Kier molecular flexibility index (Phi) is 5.15. The molecule has 1 aromatic rings. The Morgan fingerprint density at radius 3 is 2.67 bits per heavy atom. The highest BCUT2D eigenvalue weighted by Crippen LogP contribution is 2.17. The Bertz CT molecular complexity index is 356. The summed E-state index contributed by atoms with van der Waals surface area (Å²) in [7, 11) is 0. The fraction of sp³-hybridized carbons (Fsp3) is 0.786. The lowest BCUT2D eigenvalue weighted by molar-refractivity contribution is 0.183. The molecule has 0 aromatic carbocycles. The number of aromatic nitrogens is 1. The van der Waals surface area contributed by atoms with Crippen LogP contribution < -0.4 is 5.32 Å². The largest absolute Gasteiger partial charge is 0.314 e. The van der Waals surface area contributed by atoms with E-state index in [0.717, 1.165) is 25.9 Å². The maximum absolute atomic E-state index is 4.76. The van der Waals surface area contributed by atoms with E-state index in [0.29, 0.717) is 12.0 Å². The molecule has 1 N–H and O–H groups in total. The lowest BCUT2D eigenvalue weighted by atomic mass is 10.1. The van der Waals surface area contributed by atoms with Gasteiger partial charge >= 0.3 is 0 Å². The van der Waals surface area contributed by atoms with Crippen molar-refractivity contribution >= 4 is 11.3 Å². The highest BCUT2D eigenvalue weighted by atomic mass is 32.1. The minimum Gasteiger partial charge on any atom is -0.314 e. The molecule has 0 spiro atoms. The van der Waals surface area contributed by atoms with Crippen LogP contribution in [0.3, 0.4) is 0 Å². The van der Waals surface area contributed by atoms with E-state index in [2.05, 4.69) is 36.4 Å². The summed E-state index contributed by atoms with van der Waals surface area (Å²) in [5.74, 6) is 0.700. The number of nitrogens with zero attached hydrogens (tertiary/aromatic N) is 2. The van der Waals surface area contributed by atoms with Crippen molar-refractivity contribution < 1.29 is 0 Å². The maximum atomic E-state index is 4.76. The molecular formula is C14H25N3S. The minimum atomic E-state index is 0.616. The van der Waals surface area contributed by atoms with Crippen LogP contribution in [0.4, 0.5) is 0 Å². The average Bonchev–Trinajstić information content (AvgIpc) is 2.76. The summed E-state index contributed by atoms with van der Waals surface area (Å²) >= 11 is 1.83. The van der Waals surface area contributed by atoms with Gasteiger partial charge in [0, 0.05) is 44.0 Å². The van der Waals surface area contributed by atoms with Crippen LogP contribution in [-0.2, 0) is 12.8 Å². The van der Waals surface area contributed by atoms with E-state index in [1.54, 1.807) is 0 Å². The SMILES string of the molecule is CC(C)Cc1csc(CC(C)N2CCNCC2)n1. The van der Waals surface area contributed by atoms with Crippen molar-refractivity contribution in [1.82, 2.24) is 15.2 Å². The van der Waals surface area contributed by atoms with Crippen LogP contribution in [-0.4, -0.2) is 42.1 Å².